The number of hydrogen-bond acceptors (Lipinski definition) is 2. The zero-order chi connectivity index (χ0) is 31.7. The van der Waals surface area contributed by atoms with Gasteiger partial charge < -0.3 is 11.5 Å². The highest BCUT2D eigenvalue weighted by atomic mass is 14.5. The third-order valence-corrected chi connectivity index (χ3v) is 9.31. The van der Waals surface area contributed by atoms with E-state index >= 15 is 0 Å². The van der Waals surface area contributed by atoms with E-state index in [1.54, 1.807) is 22.3 Å². The molecule has 0 atom stereocenters. The third kappa shape index (κ3) is 12.1. The molecular weight excluding hydrogens is 544 g/mol. The maximum atomic E-state index is 5.90. The quantitative estimate of drug-likeness (QED) is 0.0781. The zero-order valence-corrected chi connectivity index (χ0v) is 28.3. The van der Waals surface area contributed by atoms with Crippen LogP contribution in [0.25, 0.3) is 0 Å². The Balaban J connectivity index is 1.25. The molecule has 0 radical (unpaired) electrons. The van der Waals surface area contributed by atoms with Crippen LogP contribution in [-0.2, 0) is 38.5 Å². The molecule has 4 N–H and O–H groups in total. The van der Waals surface area contributed by atoms with Crippen LogP contribution in [-0.4, -0.2) is 0 Å². The van der Waals surface area contributed by atoms with Crippen molar-refractivity contribution >= 4 is 11.4 Å². The fourth-order valence-corrected chi connectivity index (χ4v) is 6.57. The summed E-state index contributed by atoms with van der Waals surface area (Å²) >= 11 is 0. The van der Waals surface area contributed by atoms with E-state index in [2.05, 4.69) is 74.5 Å². The summed E-state index contributed by atoms with van der Waals surface area (Å²) in [7, 11) is 0. The largest absolute Gasteiger partial charge is 0.399 e. The molecule has 2 heteroatoms. The molecule has 240 valence electrons. The van der Waals surface area contributed by atoms with Crippen LogP contribution in [0.4, 0.5) is 11.4 Å². The predicted octanol–water partition coefficient (Wildman–Crippen LogP) is 11.2. The molecule has 4 aromatic rings. The van der Waals surface area contributed by atoms with Gasteiger partial charge in [0.05, 0.1) is 0 Å². The third-order valence-electron chi connectivity index (χ3n) is 9.31. The topological polar surface area (TPSA) is 52.0 Å². The van der Waals surface area contributed by atoms with Gasteiger partial charge in [0, 0.05) is 11.4 Å². The number of nitrogens with two attached hydrogens (primary N) is 2. The van der Waals surface area contributed by atoms with Gasteiger partial charge in [-0.05, 0) is 133 Å². The molecule has 0 aliphatic rings. The first-order chi connectivity index (χ1) is 22.0. The Morgan fingerprint density at radius 2 is 0.689 bits per heavy atom. The van der Waals surface area contributed by atoms with Gasteiger partial charge in [-0.25, -0.2) is 0 Å². The molecule has 0 fully saturated rings. The molecule has 4 aromatic carbocycles. The van der Waals surface area contributed by atoms with Gasteiger partial charge >= 0.3 is 0 Å². The summed E-state index contributed by atoms with van der Waals surface area (Å²) in [5.74, 6) is 0. The number of benzene rings is 4. The van der Waals surface area contributed by atoms with Crippen LogP contribution in [0.3, 0.4) is 0 Å². The van der Waals surface area contributed by atoms with Gasteiger partial charge in [0.1, 0.15) is 0 Å². The number of rotatable bonds is 20. The van der Waals surface area contributed by atoms with E-state index in [1.165, 1.54) is 119 Å². The van der Waals surface area contributed by atoms with Crippen LogP contribution < -0.4 is 11.5 Å². The Bertz CT molecular complexity index is 1290. The van der Waals surface area contributed by atoms with Gasteiger partial charge in [0.2, 0.25) is 0 Å². The highest BCUT2D eigenvalue weighted by Gasteiger charge is 2.08. The minimum Gasteiger partial charge on any atom is -0.399 e. The standard InChI is InChI=1S/C43H58N2/c1-3-5-10-16-40-32-36(30-34-20-26-42(44)27-21-34)18-24-38(40)14-12-8-7-9-13-15-39-25-19-37(33-41(39)17-11-6-4-2)31-35-22-28-43(45)29-23-35/h18-29,32-33H,3-17,30-31,44-45H2,1-2H3. The summed E-state index contributed by atoms with van der Waals surface area (Å²) < 4.78 is 0. The molecule has 2 nitrogen and oxygen atoms in total. The lowest BCUT2D eigenvalue weighted by molar-refractivity contribution is 0.609. The molecule has 0 saturated carbocycles. The minimum absolute atomic E-state index is 0.835. The summed E-state index contributed by atoms with van der Waals surface area (Å²) in [5, 5.41) is 0. The lowest BCUT2D eigenvalue weighted by atomic mass is 9.92. The van der Waals surface area contributed by atoms with Crippen molar-refractivity contribution < 1.29 is 0 Å². The lowest BCUT2D eigenvalue weighted by Crippen LogP contribution is -1.99. The number of aryl methyl sites for hydroxylation is 4. The number of unbranched alkanes of at least 4 members (excludes halogenated alkanes) is 8. The smallest absolute Gasteiger partial charge is 0.0314 e. The fraction of sp³-hybridized carbons (Fsp3) is 0.442. The van der Waals surface area contributed by atoms with Crippen LogP contribution in [0.5, 0.6) is 0 Å². The van der Waals surface area contributed by atoms with Crippen LogP contribution in [0.2, 0.25) is 0 Å². The van der Waals surface area contributed by atoms with Crippen molar-refractivity contribution in [1.29, 1.82) is 0 Å². The Morgan fingerprint density at radius 1 is 0.356 bits per heavy atom. The predicted molar refractivity (Wildman–Crippen MR) is 197 cm³/mol. The van der Waals surface area contributed by atoms with E-state index in [-0.39, 0.29) is 0 Å². The van der Waals surface area contributed by atoms with Crippen LogP contribution in [0.1, 0.15) is 129 Å². The maximum Gasteiger partial charge on any atom is 0.0314 e. The first kappa shape index (κ1) is 34.4. The van der Waals surface area contributed by atoms with Gasteiger partial charge in [-0.15, -0.1) is 0 Å². The van der Waals surface area contributed by atoms with E-state index in [0.717, 1.165) is 24.2 Å². The molecular formula is C43H58N2. The molecule has 4 rings (SSSR count). The summed E-state index contributed by atoms with van der Waals surface area (Å²) in [4.78, 5) is 0. The summed E-state index contributed by atoms with van der Waals surface area (Å²) in [6, 6.07) is 31.2. The normalized spacial score (nSPS) is 11.2. The van der Waals surface area contributed by atoms with Crippen LogP contribution in [0, 0.1) is 0 Å². The maximum absolute atomic E-state index is 5.90. The van der Waals surface area contributed by atoms with E-state index in [9.17, 15) is 0 Å². The average molecular weight is 603 g/mol. The summed E-state index contributed by atoms with van der Waals surface area (Å²) in [6.45, 7) is 4.59. The van der Waals surface area contributed by atoms with Gasteiger partial charge in [-0.3, -0.25) is 0 Å². The second-order valence-electron chi connectivity index (χ2n) is 13.2. The molecule has 0 heterocycles. The molecule has 0 unspecified atom stereocenters. The molecule has 0 aromatic heterocycles. The second-order valence-corrected chi connectivity index (χ2v) is 13.2. The molecule has 0 spiro atoms. The van der Waals surface area contributed by atoms with E-state index in [4.69, 9.17) is 11.5 Å². The van der Waals surface area contributed by atoms with Gasteiger partial charge in [-0.2, -0.15) is 0 Å². The Morgan fingerprint density at radius 3 is 1.09 bits per heavy atom. The van der Waals surface area contributed by atoms with E-state index in [0.29, 0.717) is 0 Å². The van der Waals surface area contributed by atoms with Crippen LogP contribution >= 0.6 is 0 Å². The summed E-state index contributed by atoms with van der Waals surface area (Å²) in [6.07, 6.45) is 21.1. The van der Waals surface area contributed by atoms with Crippen molar-refractivity contribution in [2.75, 3.05) is 11.5 Å². The van der Waals surface area contributed by atoms with Crippen molar-refractivity contribution in [2.24, 2.45) is 0 Å². The van der Waals surface area contributed by atoms with Gasteiger partial charge in [0.15, 0.2) is 0 Å². The Hall–Kier alpha value is -3.52. The zero-order valence-electron chi connectivity index (χ0n) is 28.3. The van der Waals surface area contributed by atoms with Crippen molar-refractivity contribution in [2.45, 2.75) is 123 Å². The van der Waals surface area contributed by atoms with Crippen molar-refractivity contribution in [3.63, 3.8) is 0 Å². The van der Waals surface area contributed by atoms with E-state index < -0.39 is 0 Å². The molecule has 0 aliphatic heterocycles. The van der Waals surface area contributed by atoms with Crippen molar-refractivity contribution in [3.05, 3.63) is 129 Å². The van der Waals surface area contributed by atoms with E-state index in [1.807, 2.05) is 24.3 Å². The van der Waals surface area contributed by atoms with Crippen LogP contribution in [0.15, 0.2) is 84.9 Å². The molecule has 0 bridgehead atoms. The molecule has 0 amide bonds. The highest BCUT2D eigenvalue weighted by molar-refractivity contribution is 5.43. The highest BCUT2D eigenvalue weighted by Crippen LogP contribution is 2.23. The minimum atomic E-state index is 0.835. The van der Waals surface area contributed by atoms with Crippen molar-refractivity contribution in [1.82, 2.24) is 0 Å². The Kier molecular flexibility index (Phi) is 14.6. The fourth-order valence-electron chi connectivity index (χ4n) is 6.57. The Labute approximate surface area is 274 Å². The van der Waals surface area contributed by atoms with Gasteiger partial charge in [0.25, 0.3) is 0 Å². The first-order valence-corrected chi connectivity index (χ1v) is 17.9. The molecule has 0 saturated heterocycles. The monoisotopic (exact) mass is 602 g/mol. The lowest BCUT2D eigenvalue weighted by Gasteiger charge is -2.13. The number of hydrogen-bond donors (Lipinski definition) is 2. The second kappa shape index (κ2) is 19.1. The molecule has 45 heavy (non-hydrogen) atoms. The van der Waals surface area contributed by atoms with Crippen molar-refractivity contribution in [3.8, 4) is 0 Å². The number of nitrogen functional groups attached to an aromatic ring is 2. The SMILES string of the molecule is CCCCCc1cc(Cc2ccc(N)cc2)ccc1CCCCCCCc1ccc(Cc2ccc(N)cc2)cc1CCCCC. The van der Waals surface area contributed by atoms with Gasteiger partial charge in [-0.1, -0.05) is 119 Å². The molecule has 0 aliphatic carbocycles. The number of anilines is 2. The first-order valence-electron chi connectivity index (χ1n) is 17.9. The summed E-state index contributed by atoms with van der Waals surface area (Å²) in [5.41, 5.74) is 25.3. The average Bonchev–Trinajstić information content (AvgIpc) is 3.04.